The van der Waals surface area contributed by atoms with E-state index in [4.69, 9.17) is 19.7 Å². The Bertz CT molecular complexity index is 580. The van der Waals surface area contributed by atoms with E-state index >= 15 is 0 Å². The van der Waals surface area contributed by atoms with E-state index < -0.39 is 17.9 Å². The first-order valence-corrected chi connectivity index (χ1v) is 10.8. The summed E-state index contributed by atoms with van der Waals surface area (Å²) in [6.07, 6.45) is -0.378. The van der Waals surface area contributed by atoms with Gasteiger partial charge in [0.15, 0.2) is 0 Å². The lowest BCUT2D eigenvalue weighted by Crippen LogP contribution is -2.49. The quantitative estimate of drug-likeness (QED) is 0.269. The number of nitrogens with zero attached hydrogens (tertiary/aromatic N) is 3. The van der Waals surface area contributed by atoms with E-state index in [0.29, 0.717) is 65.3 Å². The van der Waals surface area contributed by atoms with Gasteiger partial charge in [0, 0.05) is 79.5 Å². The minimum absolute atomic E-state index is 0.0147. The molecule has 12 nitrogen and oxygen atoms in total. The van der Waals surface area contributed by atoms with E-state index in [9.17, 15) is 19.5 Å². The Morgan fingerprint density at radius 3 is 1.69 bits per heavy atom. The van der Waals surface area contributed by atoms with Crippen molar-refractivity contribution in [2.75, 3.05) is 86.2 Å². The zero-order chi connectivity index (χ0) is 23.9. The number of aliphatic carboxylic acids is 3. The van der Waals surface area contributed by atoms with Crippen molar-refractivity contribution in [2.24, 2.45) is 0 Å². The first-order chi connectivity index (χ1) is 15.2. The number of hydrogen-bond donors (Lipinski definition) is 4. The summed E-state index contributed by atoms with van der Waals surface area (Å²) in [6.45, 7) is 4.81. The van der Waals surface area contributed by atoms with Crippen molar-refractivity contribution in [2.45, 2.75) is 25.0 Å². The standard InChI is InChI=1S/C20H38N4O8/c1-31-16(3-4-18(25)26)17(32-2)13-22-7-5-21-6-8-23(14-19(27)28)10-12-24(11-9-22)15-20(29)30/h16-17,21H,3-15H2,1-2H3,(H,25,26)(H,27,28)(H,29,30). The second-order valence-corrected chi connectivity index (χ2v) is 7.87. The fourth-order valence-corrected chi connectivity index (χ4v) is 3.70. The molecular formula is C20H38N4O8. The van der Waals surface area contributed by atoms with E-state index in [1.54, 1.807) is 16.9 Å². The molecule has 0 spiro atoms. The van der Waals surface area contributed by atoms with Crippen LogP contribution in [0.3, 0.4) is 0 Å². The molecular weight excluding hydrogens is 424 g/mol. The van der Waals surface area contributed by atoms with Gasteiger partial charge in [-0.25, -0.2) is 0 Å². The zero-order valence-electron chi connectivity index (χ0n) is 19.1. The second-order valence-electron chi connectivity index (χ2n) is 7.87. The summed E-state index contributed by atoms with van der Waals surface area (Å²) >= 11 is 0. The summed E-state index contributed by atoms with van der Waals surface area (Å²) in [6, 6.07) is 0. The van der Waals surface area contributed by atoms with Gasteiger partial charge in [-0.15, -0.1) is 0 Å². The molecule has 2 unspecified atom stereocenters. The zero-order valence-corrected chi connectivity index (χ0v) is 19.1. The third-order valence-electron chi connectivity index (χ3n) is 5.49. The SMILES string of the molecule is COC(CCC(=O)O)C(CN1CCNCCN(CC(=O)O)CCN(CC(=O)O)CC1)OC. The monoisotopic (exact) mass is 462 g/mol. The summed E-state index contributed by atoms with van der Waals surface area (Å²) in [5, 5.41) is 30.7. The molecule has 0 radical (unpaired) electrons. The Hall–Kier alpha value is -1.83. The fourth-order valence-electron chi connectivity index (χ4n) is 3.70. The van der Waals surface area contributed by atoms with Crippen LogP contribution in [0.4, 0.5) is 0 Å². The topological polar surface area (TPSA) is 152 Å². The van der Waals surface area contributed by atoms with Crippen LogP contribution in [0.25, 0.3) is 0 Å². The van der Waals surface area contributed by atoms with Gasteiger partial charge in [0.2, 0.25) is 0 Å². The molecule has 1 fully saturated rings. The molecule has 4 N–H and O–H groups in total. The average molecular weight is 463 g/mol. The molecule has 186 valence electrons. The Kier molecular flexibility index (Phi) is 14.0. The van der Waals surface area contributed by atoms with Gasteiger partial charge in [0.1, 0.15) is 0 Å². The number of carboxylic acids is 3. The first-order valence-electron chi connectivity index (χ1n) is 10.8. The predicted octanol–water partition coefficient (Wildman–Crippen LogP) is -1.44. The molecule has 0 aromatic rings. The van der Waals surface area contributed by atoms with Crippen molar-refractivity contribution in [3.63, 3.8) is 0 Å². The molecule has 1 aliphatic rings. The van der Waals surface area contributed by atoms with Crippen molar-refractivity contribution in [3.05, 3.63) is 0 Å². The molecule has 1 heterocycles. The second kappa shape index (κ2) is 15.9. The predicted molar refractivity (Wildman–Crippen MR) is 116 cm³/mol. The minimum Gasteiger partial charge on any atom is -0.481 e. The summed E-state index contributed by atoms with van der Waals surface area (Å²) < 4.78 is 11.1. The van der Waals surface area contributed by atoms with Crippen molar-refractivity contribution >= 4 is 17.9 Å². The molecule has 0 aromatic carbocycles. The van der Waals surface area contributed by atoms with Crippen LogP contribution in [-0.4, -0.2) is 146 Å². The van der Waals surface area contributed by atoms with Crippen LogP contribution in [0.15, 0.2) is 0 Å². The third kappa shape index (κ3) is 12.3. The lowest BCUT2D eigenvalue weighted by atomic mass is 10.1. The van der Waals surface area contributed by atoms with Crippen molar-refractivity contribution < 1.29 is 39.2 Å². The smallest absolute Gasteiger partial charge is 0.317 e. The van der Waals surface area contributed by atoms with Gasteiger partial charge >= 0.3 is 17.9 Å². The Labute approximate surface area is 189 Å². The number of rotatable bonds is 12. The normalized spacial score (nSPS) is 20.1. The maximum Gasteiger partial charge on any atom is 0.317 e. The molecule has 32 heavy (non-hydrogen) atoms. The number of nitrogens with one attached hydrogen (secondary N) is 1. The summed E-state index contributed by atoms with van der Waals surface area (Å²) in [5.74, 6) is -2.73. The number of ether oxygens (including phenoxy) is 2. The van der Waals surface area contributed by atoms with Gasteiger partial charge in [0.25, 0.3) is 0 Å². The average Bonchev–Trinajstić information content (AvgIpc) is 2.71. The molecule has 1 aliphatic heterocycles. The molecule has 1 saturated heterocycles. The molecule has 1 rings (SSSR count). The minimum atomic E-state index is -0.932. The summed E-state index contributed by atoms with van der Waals surface area (Å²) in [5.41, 5.74) is 0. The van der Waals surface area contributed by atoms with Crippen LogP contribution in [0.1, 0.15) is 12.8 Å². The highest BCUT2D eigenvalue weighted by Crippen LogP contribution is 2.12. The fraction of sp³-hybridized carbons (Fsp3) is 0.850. The number of methoxy groups -OCH3 is 2. The van der Waals surface area contributed by atoms with Crippen molar-refractivity contribution in [3.8, 4) is 0 Å². The van der Waals surface area contributed by atoms with Gasteiger partial charge in [-0.3, -0.25) is 29.1 Å². The van der Waals surface area contributed by atoms with E-state index in [2.05, 4.69) is 10.2 Å². The summed E-state index contributed by atoms with van der Waals surface area (Å²) in [4.78, 5) is 39.1. The van der Waals surface area contributed by atoms with Gasteiger partial charge in [0.05, 0.1) is 25.3 Å². The highest BCUT2D eigenvalue weighted by atomic mass is 16.5. The van der Waals surface area contributed by atoms with E-state index in [1.165, 1.54) is 7.11 Å². The number of carbonyl (C=O) groups is 3. The molecule has 0 bridgehead atoms. The Morgan fingerprint density at radius 2 is 1.22 bits per heavy atom. The van der Waals surface area contributed by atoms with Crippen LogP contribution in [-0.2, 0) is 23.9 Å². The highest BCUT2D eigenvalue weighted by Gasteiger charge is 2.25. The van der Waals surface area contributed by atoms with Crippen molar-refractivity contribution in [1.82, 2.24) is 20.0 Å². The van der Waals surface area contributed by atoms with Crippen LogP contribution in [0, 0.1) is 0 Å². The molecule has 12 heteroatoms. The van der Waals surface area contributed by atoms with Crippen molar-refractivity contribution in [1.29, 1.82) is 0 Å². The van der Waals surface area contributed by atoms with E-state index in [1.807, 2.05) is 0 Å². The molecule has 2 atom stereocenters. The summed E-state index contributed by atoms with van der Waals surface area (Å²) in [7, 11) is 3.11. The Morgan fingerprint density at radius 1 is 0.750 bits per heavy atom. The van der Waals surface area contributed by atoms with Crippen LogP contribution in [0.2, 0.25) is 0 Å². The third-order valence-corrected chi connectivity index (χ3v) is 5.49. The highest BCUT2D eigenvalue weighted by molar-refractivity contribution is 5.69. The Balaban J connectivity index is 2.80. The molecule has 0 aliphatic carbocycles. The van der Waals surface area contributed by atoms with Gasteiger partial charge < -0.3 is 30.1 Å². The van der Waals surface area contributed by atoms with Crippen LogP contribution < -0.4 is 5.32 Å². The van der Waals surface area contributed by atoms with Crippen LogP contribution >= 0.6 is 0 Å². The molecule has 0 saturated carbocycles. The number of hydrogen-bond acceptors (Lipinski definition) is 9. The lowest BCUT2D eigenvalue weighted by Gasteiger charge is -2.33. The number of carboxylic acid groups (broad SMARTS) is 3. The van der Waals surface area contributed by atoms with E-state index in [0.717, 1.165) is 0 Å². The lowest BCUT2D eigenvalue weighted by molar-refractivity contribution is -0.140. The molecule has 0 aromatic heterocycles. The first kappa shape index (κ1) is 28.2. The maximum atomic E-state index is 11.3. The van der Waals surface area contributed by atoms with Gasteiger partial charge in [-0.1, -0.05) is 0 Å². The van der Waals surface area contributed by atoms with E-state index in [-0.39, 0.29) is 31.7 Å². The maximum absolute atomic E-state index is 11.3. The van der Waals surface area contributed by atoms with Crippen LogP contribution in [0.5, 0.6) is 0 Å². The molecule has 0 amide bonds. The largest absolute Gasteiger partial charge is 0.481 e. The van der Waals surface area contributed by atoms with Gasteiger partial charge in [-0.2, -0.15) is 0 Å². The van der Waals surface area contributed by atoms with Gasteiger partial charge in [-0.05, 0) is 6.42 Å².